The molecule has 1 atom stereocenters. The summed E-state index contributed by atoms with van der Waals surface area (Å²) in [4.78, 5) is 16.4. The summed E-state index contributed by atoms with van der Waals surface area (Å²) < 4.78 is 10.9. The fourth-order valence-corrected chi connectivity index (χ4v) is 2.54. The minimum absolute atomic E-state index is 0.0352. The predicted octanol–water partition coefficient (Wildman–Crippen LogP) is 3.46. The highest BCUT2D eigenvalue weighted by Gasteiger charge is 2.20. The van der Waals surface area contributed by atoms with Gasteiger partial charge in [-0.2, -0.15) is 0 Å². The van der Waals surface area contributed by atoms with Crippen molar-refractivity contribution in [2.45, 2.75) is 19.4 Å². The fraction of sp³-hybridized carbons (Fsp3) is 0.294. The van der Waals surface area contributed by atoms with Crippen LogP contribution in [0.1, 0.15) is 22.3 Å². The van der Waals surface area contributed by atoms with Gasteiger partial charge in [-0.1, -0.05) is 23.7 Å². The molecule has 1 saturated heterocycles. The Kier molecular flexibility index (Phi) is 4.79. The molecule has 1 fully saturated rings. The van der Waals surface area contributed by atoms with Gasteiger partial charge in [-0.05, 0) is 30.7 Å². The maximum absolute atomic E-state index is 12.3. The number of pyridine rings is 1. The monoisotopic (exact) mass is 332 g/mol. The van der Waals surface area contributed by atoms with E-state index in [9.17, 15) is 4.79 Å². The average molecular weight is 333 g/mol. The molecular formula is C17H17ClN2O3. The molecule has 0 aliphatic carbocycles. The number of carbonyl (C=O) groups is 1. The van der Waals surface area contributed by atoms with Gasteiger partial charge in [0.15, 0.2) is 0 Å². The zero-order chi connectivity index (χ0) is 16.2. The minimum atomic E-state index is -0.263. The quantitative estimate of drug-likeness (QED) is 0.931. The van der Waals surface area contributed by atoms with Crippen LogP contribution >= 0.6 is 11.6 Å². The van der Waals surface area contributed by atoms with Crippen LogP contribution < -0.4 is 10.1 Å². The molecule has 1 unspecified atom stereocenters. The van der Waals surface area contributed by atoms with Crippen molar-refractivity contribution in [3.63, 3.8) is 0 Å². The number of hydrogen-bond donors (Lipinski definition) is 1. The number of nitrogens with zero attached hydrogens (tertiary/aromatic N) is 1. The van der Waals surface area contributed by atoms with Crippen molar-refractivity contribution in [1.29, 1.82) is 0 Å². The first-order valence-corrected chi connectivity index (χ1v) is 7.77. The van der Waals surface area contributed by atoms with Gasteiger partial charge < -0.3 is 14.8 Å². The molecule has 6 heteroatoms. The van der Waals surface area contributed by atoms with Crippen LogP contribution in [-0.4, -0.2) is 30.2 Å². The van der Waals surface area contributed by atoms with E-state index < -0.39 is 0 Å². The van der Waals surface area contributed by atoms with E-state index in [1.54, 1.807) is 6.07 Å². The Morgan fingerprint density at radius 1 is 1.43 bits per heavy atom. The lowest BCUT2D eigenvalue weighted by atomic mass is 10.2. The van der Waals surface area contributed by atoms with E-state index in [0.717, 1.165) is 17.7 Å². The second-order valence-corrected chi connectivity index (χ2v) is 5.85. The van der Waals surface area contributed by atoms with E-state index in [-0.39, 0.29) is 12.0 Å². The Morgan fingerprint density at radius 2 is 2.30 bits per heavy atom. The molecule has 120 valence electrons. The molecule has 2 aromatic rings. The lowest BCUT2D eigenvalue weighted by Crippen LogP contribution is -2.17. The van der Waals surface area contributed by atoms with Crippen molar-refractivity contribution in [2.75, 3.05) is 18.5 Å². The summed E-state index contributed by atoms with van der Waals surface area (Å²) in [5, 5.41) is 3.13. The maximum Gasteiger partial charge on any atom is 0.257 e. The number of aromatic nitrogens is 1. The highest BCUT2D eigenvalue weighted by atomic mass is 35.5. The molecule has 0 saturated carbocycles. The van der Waals surface area contributed by atoms with E-state index in [4.69, 9.17) is 21.1 Å². The van der Waals surface area contributed by atoms with E-state index in [0.29, 0.717) is 29.7 Å². The zero-order valence-electron chi connectivity index (χ0n) is 12.7. The smallest absolute Gasteiger partial charge is 0.257 e. The average Bonchev–Trinajstić information content (AvgIpc) is 3.02. The van der Waals surface area contributed by atoms with Crippen molar-refractivity contribution in [3.8, 4) is 5.88 Å². The molecule has 1 aliphatic heterocycles. The normalized spacial score (nSPS) is 17.0. The van der Waals surface area contributed by atoms with Crippen molar-refractivity contribution in [1.82, 2.24) is 4.98 Å². The van der Waals surface area contributed by atoms with Gasteiger partial charge in [-0.25, -0.2) is 4.98 Å². The van der Waals surface area contributed by atoms with Gasteiger partial charge in [-0.3, -0.25) is 4.79 Å². The van der Waals surface area contributed by atoms with Crippen LogP contribution in [0.2, 0.25) is 5.02 Å². The van der Waals surface area contributed by atoms with E-state index in [2.05, 4.69) is 10.3 Å². The van der Waals surface area contributed by atoms with Gasteiger partial charge in [0.25, 0.3) is 5.91 Å². The molecule has 0 bridgehead atoms. The van der Waals surface area contributed by atoms with Crippen LogP contribution in [0.4, 0.5) is 5.69 Å². The Labute approximate surface area is 139 Å². The molecule has 1 N–H and O–H groups in total. The third-order valence-corrected chi connectivity index (χ3v) is 3.78. The molecule has 1 aromatic carbocycles. The Bertz CT molecular complexity index is 715. The van der Waals surface area contributed by atoms with Crippen LogP contribution in [0.15, 0.2) is 36.5 Å². The van der Waals surface area contributed by atoms with Crippen molar-refractivity contribution >= 4 is 23.2 Å². The van der Waals surface area contributed by atoms with Gasteiger partial charge >= 0.3 is 0 Å². The van der Waals surface area contributed by atoms with Crippen LogP contribution in [0.5, 0.6) is 5.88 Å². The van der Waals surface area contributed by atoms with Crippen molar-refractivity contribution in [2.24, 2.45) is 0 Å². The zero-order valence-corrected chi connectivity index (χ0v) is 13.5. The summed E-state index contributed by atoms with van der Waals surface area (Å²) in [6.45, 7) is 3.18. The molecular weight excluding hydrogens is 316 g/mol. The van der Waals surface area contributed by atoms with Gasteiger partial charge in [0, 0.05) is 18.3 Å². The van der Waals surface area contributed by atoms with E-state index in [1.807, 2.05) is 31.2 Å². The number of amides is 1. The van der Waals surface area contributed by atoms with E-state index in [1.165, 1.54) is 6.20 Å². The minimum Gasteiger partial charge on any atom is -0.471 e. The number of carbonyl (C=O) groups excluding carboxylic acids is 1. The number of nitrogens with one attached hydrogen (secondary N) is 1. The number of ether oxygens (including phenoxy) is 2. The molecule has 5 nitrogen and oxygen atoms in total. The third kappa shape index (κ3) is 4.00. The SMILES string of the molecule is Cc1cccc(NC(=O)c2cnc(OC3CCOC3)c(Cl)c2)c1. The number of aryl methyl sites for hydroxylation is 1. The van der Waals surface area contributed by atoms with Crippen molar-refractivity contribution in [3.05, 3.63) is 52.7 Å². The van der Waals surface area contributed by atoms with Gasteiger partial charge in [0.2, 0.25) is 5.88 Å². The molecule has 23 heavy (non-hydrogen) atoms. The molecule has 1 aromatic heterocycles. The number of halogens is 1. The van der Waals surface area contributed by atoms with Crippen LogP contribution in [0, 0.1) is 6.92 Å². The fourth-order valence-electron chi connectivity index (χ4n) is 2.33. The van der Waals surface area contributed by atoms with E-state index >= 15 is 0 Å². The number of hydrogen-bond acceptors (Lipinski definition) is 4. The number of rotatable bonds is 4. The number of anilines is 1. The summed E-state index contributed by atoms with van der Waals surface area (Å²) >= 11 is 6.17. The van der Waals surface area contributed by atoms with Gasteiger partial charge in [0.05, 0.1) is 18.8 Å². The summed E-state index contributed by atoms with van der Waals surface area (Å²) in [6, 6.07) is 9.14. The Hall–Kier alpha value is -2.11. The molecule has 1 aliphatic rings. The molecule has 1 amide bonds. The molecule has 3 rings (SSSR count). The first kappa shape index (κ1) is 15.8. The largest absolute Gasteiger partial charge is 0.471 e. The summed E-state index contributed by atoms with van der Waals surface area (Å²) in [6.07, 6.45) is 2.24. The molecule has 2 heterocycles. The lowest BCUT2D eigenvalue weighted by molar-refractivity contribution is 0.102. The molecule has 0 radical (unpaired) electrons. The molecule has 0 spiro atoms. The third-order valence-electron chi connectivity index (χ3n) is 3.51. The second-order valence-electron chi connectivity index (χ2n) is 5.44. The Balaban J connectivity index is 1.70. The summed E-state index contributed by atoms with van der Waals surface area (Å²) in [5.41, 5.74) is 2.18. The standard InChI is InChI=1S/C17H17ClN2O3/c1-11-3-2-4-13(7-11)20-16(21)12-8-15(18)17(19-9-12)23-14-5-6-22-10-14/h2-4,7-9,14H,5-6,10H2,1H3,(H,20,21). The van der Waals surface area contributed by atoms with Crippen LogP contribution in [0.3, 0.4) is 0 Å². The van der Waals surface area contributed by atoms with Crippen LogP contribution in [0.25, 0.3) is 0 Å². The summed E-state index contributed by atoms with van der Waals surface area (Å²) in [5.74, 6) is 0.0648. The lowest BCUT2D eigenvalue weighted by Gasteiger charge is -2.12. The summed E-state index contributed by atoms with van der Waals surface area (Å²) in [7, 11) is 0. The first-order valence-electron chi connectivity index (χ1n) is 7.40. The number of benzene rings is 1. The highest BCUT2D eigenvalue weighted by molar-refractivity contribution is 6.32. The Morgan fingerprint density at radius 3 is 3.00 bits per heavy atom. The maximum atomic E-state index is 12.3. The topological polar surface area (TPSA) is 60.5 Å². The second kappa shape index (κ2) is 6.98. The van der Waals surface area contributed by atoms with Crippen LogP contribution in [-0.2, 0) is 4.74 Å². The van der Waals surface area contributed by atoms with Crippen molar-refractivity contribution < 1.29 is 14.3 Å². The van der Waals surface area contributed by atoms with Gasteiger partial charge in [0.1, 0.15) is 11.1 Å². The highest BCUT2D eigenvalue weighted by Crippen LogP contribution is 2.25. The van der Waals surface area contributed by atoms with Gasteiger partial charge in [-0.15, -0.1) is 0 Å². The first-order chi connectivity index (χ1) is 11.1. The predicted molar refractivity (Wildman–Crippen MR) is 88.2 cm³/mol.